The number of aromatic nitrogens is 4. The van der Waals surface area contributed by atoms with E-state index >= 15 is 0 Å². The van der Waals surface area contributed by atoms with E-state index in [1.807, 2.05) is 49.0 Å². The lowest BCUT2D eigenvalue weighted by atomic mass is 10.1. The third-order valence-electron chi connectivity index (χ3n) is 3.69. The Kier molecular flexibility index (Phi) is 5.43. The van der Waals surface area contributed by atoms with Gasteiger partial charge in [-0.3, -0.25) is 0 Å². The number of aromatic hydroxyl groups is 1. The van der Waals surface area contributed by atoms with Gasteiger partial charge < -0.3 is 20.4 Å². The fraction of sp³-hybridized carbons (Fsp3) is 0.294. The quantitative estimate of drug-likeness (QED) is 0.472. The van der Waals surface area contributed by atoms with E-state index in [9.17, 15) is 5.11 Å². The van der Waals surface area contributed by atoms with E-state index in [1.165, 1.54) is 0 Å². The van der Waals surface area contributed by atoms with Crippen LogP contribution in [-0.2, 0) is 12.2 Å². The fourth-order valence-corrected chi connectivity index (χ4v) is 3.23. The summed E-state index contributed by atoms with van der Waals surface area (Å²) in [5, 5.41) is 13.2. The van der Waals surface area contributed by atoms with E-state index in [2.05, 4.69) is 25.3 Å². The van der Waals surface area contributed by atoms with Crippen molar-refractivity contribution in [3.8, 4) is 5.88 Å². The van der Waals surface area contributed by atoms with Gasteiger partial charge in [0.05, 0.1) is 17.7 Å². The molecule has 0 aliphatic heterocycles. The number of nitrogens with one attached hydrogen (secondary N) is 3. The molecule has 1 aromatic carbocycles. The Morgan fingerprint density at radius 3 is 2.83 bits per heavy atom. The van der Waals surface area contributed by atoms with Crippen molar-refractivity contribution in [2.24, 2.45) is 0 Å². The fourth-order valence-electron chi connectivity index (χ4n) is 2.35. The Labute approximate surface area is 145 Å². The maximum absolute atomic E-state index is 9.95. The van der Waals surface area contributed by atoms with Crippen LogP contribution in [0.25, 0.3) is 0 Å². The summed E-state index contributed by atoms with van der Waals surface area (Å²) < 4.78 is 0. The highest BCUT2D eigenvalue weighted by molar-refractivity contribution is 7.98. The van der Waals surface area contributed by atoms with Crippen LogP contribution in [0.2, 0.25) is 0 Å². The lowest BCUT2D eigenvalue weighted by Gasteiger charge is -2.03. The van der Waals surface area contributed by atoms with Gasteiger partial charge in [0.15, 0.2) is 0 Å². The summed E-state index contributed by atoms with van der Waals surface area (Å²) in [7, 11) is 0. The van der Waals surface area contributed by atoms with Crippen molar-refractivity contribution in [2.45, 2.75) is 19.1 Å². The summed E-state index contributed by atoms with van der Waals surface area (Å²) >= 11 is 1.81. The van der Waals surface area contributed by atoms with Crippen molar-refractivity contribution in [3.05, 3.63) is 59.3 Å². The Bertz CT molecular complexity index is 768. The highest BCUT2D eigenvalue weighted by Crippen LogP contribution is 2.20. The van der Waals surface area contributed by atoms with E-state index < -0.39 is 0 Å². The van der Waals surface area contributed by atoms with Crippen LogP contribution in [0.3, 0.4) is 0 Å². The van der Waals surface area contributed by atoms with Crippen molar-refractivity contribution in [3.63, 3.8) is 0 Å². The Hall–Kier alpha value is -2.41. The molecule has 0 saturated carbocycles. The molecule has 0 amide bonds. The molecule has 2 heterocycles. The zero-order valence-electron chi connectivity index (χ0n) is 13.5. The van der Waals surface area contributed by atoms with Gasteiger partial charge in [0.25, 0.3) is 0 Å². The van der Waals surface area contributed by atoms with Crippen molar-refractivity contribution in [1.29, 1.82) is 0 Å². The maximum atomic E-state index is 9.95. The second kappa shape index (κ2) is 7.92. The number of rotatable bonds is 8. The summed E-state index contributed by atoms with van der Waals surface area (Å²) in [6, 6.07) is 10.0. The monoisotopic (exact) mass is 343 g/mol. The summed E-state index contributed by atoms with van der Waals surface area (Å²) in [6.07, 6.45) is 2.36. The SMILES string of the molecule is Cc1[nH]cnc1CSCCNc1nc(O)c(Cc2ccccc2)[nH]1. The van der Waals surface area contributed by atoms with Crippen LogP contribution in [0, 0.1) is 6.92 Å². The molecule has 126 valence electrons. The molecule has 24 heavy (non-hydrogen) atoms. The predicted octanol–water partition coefficient (Wildman–Crippen LogP) is 3.08. The van der Waals surface area contributed by atoms with Crippen LogP contribution in [0.4, 0.5) is 5.95 Å². The molecule has 0 saturated heterocycles. The minimum Gasteiger partial charge on any atom is -0.492 e. The summed E-state index contributed by atoms with van der Waals surface area (Å²) in [5.74, 6) is 2.48. The molecule has 3 aromatic rings. The summed E-state index contributed by atoms with van der Waals surface area (Å²) in [5.41, 5.74) is 4.08. The van der Waals surface area contributed by atoms with Crippen LogP contribution < -0.4 is 5.32 Å². The van der Waals surface area contributed by atoms with Gasteiger partial charge in [-0.15, -0.1) is 0 Å². The first-order valence-electron chi connectivity index (χ1n) is 7.84. The van der Waals surface area contributed by atoms with Crippen molar-refractivity contribution < 1.29 is 5.11 Å². The van der Waals surface area contributed by atoms with Gasteiger partial charge in [-0.25, -0.2) is 4.98 Å². The number of hydrogen-bond acceptors (Lipinski definition) is 5. The number of thioether (sulfide) groups is 1. The van der Waals surface area contributed by atoms with E-state index in [-0.39, 0.29) is 5.88 Å². The standard InChI is InChI=1S/C17H21N5OS/c1-12-15(20-11-19-12)10-24-8-7-18-17-21-14(16(23)22-17)9-13-5-3-2-4-6-13/h2-6,11,23H,7-10H2,1H3,(H,19,20)(H2,18,21,22). The molecule has 0 bridgehead atoms. The van der Waals surface area contributed by atoms with Gasteiger partial charge in [-0.05, 0) is 12.5 Å². The Balaban J connectivity index is 1.44. The van der Waals surface area contributed by atoms with Crippen LogP contribution >= 0.6 is 11.8 Å². The molecule has 0 aliphatic rings. The van der Waals surface area contributed by atoms with Crippen molar-refractivity contribution in [2.75, 3.05) is 17.6 Å². The third kappa shape index (κ3) is 4.32. The molecule has 4 N–H and O–H groups in total. The number of aryl methyl sites for hydroxylation is 1. The number of H-pyrrole nitrogens is 2. The molecule has 0 atom stereocenters. The number of benzene rings is 1. The highest BCUT2D eigenvalue weighted by atomic mass is 32.2. The van der Waals surface area contributed by atoms with Crippen LogP contribution in [-0.4, -0.2) is 37.3 Å². The van der Waals surface area contributed by atoms with E-state index in [0.717, 1.165) is 40.7 Å². The average molecular weight is 343 g/mol. The first kappa shape index (κ1) is 16.4. The van der Waals surface area contributed by atoms with Gasteiger partial charge in [0.2, 0.25) is 11.8 Å². The summed E-state index contributed by atoms with van der Waals surface area (Å²) in [4.78, 5) is 14.6. The molecule has 0 unspecified atom stereocenters. The predicted molar refractivity (Wildman–Crippen MR) is 97.5 cm³/mol. The minimum atomic E-state index is 0.0566. The number of aromatic amines is 2. The van der Waals surface area contributed by atoms with Gasteiger partial charge in [-0.1, -0.05) is 30.3 Å². The molecule has 6 nitrogen and oxygen atoms in total. The number of imidazole rings is 2. The van der Waals surface area contributed by atoms with Crippen LogP contribution in [0.1, 0.15) is 22.6 Å². The molecule has 0 aliphatic carbocycles. The second-order valence-electron chi connectivity index (χ2n) is 5.50. The first-order valence-corrected chi connectivity index (χ1v) is 9.00. The van der Waals surface area contributed by atoms with Crippen LogP contribution in [0.5, 0.6) is 5.88 Å². The number of anilines is 1. The van der Waals surface area contributed by atoms with E-state index in [1.54, 1.807) is 6.33 Å². The molecule has 7 heteroatoms. The lowest BCUT2D eigenvalue weighted by Crippen LogP contribution is -2.05. The first-order chi connectivity index (χ1) is 11.7. The molecular weight excluding hydrogens is 322 g/mol. The van der Waals surface area contributed by atoms with Gasteiger partial charge in [0, 0.05) is 30.2 Å². The van der Waals surface area contributed by atoms with E-state index in [0.29, 0.717) is 12.4 Å². The lowest BCUT2D eigenvalue weighted by molar-refractivity contribution is 0.451. The molecular formula is C17H21N5OS. The maximum Gasteiger partial charge on any atom is 0.234 e. The largest absolute Gasteiger partial charge is 0.492 e. The van der Waals surface area contributed by atoms with Crippen LogP contribution in [0.15, 0.2) is 36.7 Å². The van der Waals surface area contributed by atoms with E-state index in [4.69, 9.17) is 0 Å². The minimum absolute atomic E-state index is 0.0566. The average Bonchev–Trinajstić information content (AvgIpc) is 3.14. The molecule has 0 radical (unpaired) electrons. The van der Waals surface area contributed by atoms with Gasteiger partial charge in [0.1, 0.15) is 0 Å². The topological polar surface area (TPSA) is 89.6 Å². The second-order valence-corrected chi connectivity index (χ2v) is 6.61. The zero-order valence-corrected chi connectivity index (χ0v) is 14.4. The van der Waals surface area contributed by atoms with Gasteiger partial charge in [-0.2, -0.15) is 16.7 Å². The number of nitrogens with zero attached hydrogens (tertiary/aromatic N) is 2. The Morgan fingerprint density at radius 1 is 1.25 bits per heavy atom. The smallest absolute Gasteiger partial charge is 0.234 e. The summed E-state index contributed by atoms with van der Waals surface area (Å²) in [6.45, 7) is 2.80. The molecule has 2 aromatic heterocycles. The van der Waals surface area contributed by atoms with Crippen molar-refractivity contribution >= 4 is 17.7 Å². The molecule has 3 rings (SSSR count). The zero-order chi connectivity index (χ0) is 16.8. The molecule has 0 spiro atoms. The third-order valence-corrected chi connectivity index (χ3v) is 4.66. The Morgan fingerprint density at radius 2 is 2.08 bits per heavy atom. The molecule has 0 fully saturated rings. The van der Waals surface area contributed by atoms with Crippen molar-refractivity contribution in [1.82, 2.24) is 19.9 Å². The van der Waals surface area contributed by atoms with Gasteiger partial charge >= 0.3 is 0 Å². The highest BCUT2D eigenvalue weighted by Gasteiger charge is 2.09. The normalized spacial score (nSPS) is 10.9. The number of hydrogen-bond donors (Lipinski definition) is 4.